The van der Waals surface area contributed by atoms with Crippen LogP contribution in [-0.2, 0) is 16.0 Å². The average molecular weight is 264 g/mol. The Morgan fingerprint density at radius 3 is 2.28 bits per heavy atom. The first-order valence-electron chi connectivity index (χ1n) is 4.84. The SMILES string of the molecule is COC(=O)Cc1cc(OC)cc(OC(F)(F)F)c1. The molecule has 18 heavy (non-hydrogen) atoms. The number of alkyl halides is 3. The number of esters is 1. The summed E-state index contributed by atoms with van der Waals surface area (Å²) < 4.78 is 49.3. The van der Waals surface area contributed by atoms with Gasteiger partial charge in [0.15, 0.2) is 0 Å². The molecule has 0 bridgehead atoms. The van der Waals surface area contributed by atoms with Crippen molar-refractivity contribution in [3.63, 3.8) is 0 Å². The lowest BCUT2D eigenvalue weighted by molar-refractivity contribution is -0.274. The molecule has 0 radical (unpaired) electrons. The fourth-order valence-electron chi connectivity index (χ4n) is 1.28. The molecule has 0 heterocycles. The predicted molar refractivity (Wildman–Crippen MR) is 55.4 cm³/mol. The monoisotopic (exact) mass is 264 g/mol. The highest BCUT2D eigenvalue weighted by Crippen LogP contribution is 2.28. The normalized spacial score (nSPS) is 10.9. The van der Waals surface area contributed by atoms with Crippen molar-refractivity contribution in [1.82, 2.24) is 0 Å². The number of methoxy groups -OCH3 is 2. The molecule has 0 aliphatic heterocycles. The Balaban J connectivity index is 2.98. The molecular weight excluding hydrogens is 253 g/mol. The third kappa shape index (κ3) is 4.52. The fourth-order valence-corrected chi connectivity index (χ4v) is 1.28. The van der Waals surface area contributed by atoms with Gasteiger partial charge in [-0.15, -0.1) is 13.2 Å². The topological polar surface area (TPSA) is 44.8 Å². The highest BCUT2D eigenvalue weighted by atomic mass is 19.4. The van der Waals surface area contributed by atoms with Crippen LogP contribution in [0.25, 0.3) is 0 Å². The van der Waals surface area contributed by atoms with Gasteiger partial charge < -0.3 is 14.2 Å². The molecule has 0 aliphatic rings. The number of benzene rings is 1. The van der Waals surface area contributed by atoms with Gasteiger partial charge in [0.1, 0.15) is 11.5 Å². The van der Waals surface area contributed by atoms with Crippen molar-refractivity contribution in [2.45, 2.75) is 12.8 Å². The van der Waals surface area contributed by atoms with Gasteiger partial charge in [-0.25, -0.2) is 0 Å². The minimum atomic E-state index is -4.80. The molecular formula is C11H11F3O4. The Kier molecular flexibility index (Phi) is 4.41. The molecule has 0 aromatic heterocycles. The predicted octanol–water partition coefficient (Wildman–Crippen LogP) is 2.31. The smallest absolute Gasteiger partial charge is 0.497 e. The van der Waals surface area contributed by atoms with Gasteiger partial charge in [0.25, 0.3) is 0 Å². The van der Waals surface area contributed by atoms with Crippen LogP contribution in [0.1, 0.15) is 5.56 Å². The molecule has 0 aliphatic carbocycles. The van der Waals surface area contributed by atoms with Crippen molar-refractivity contribution >= 4 is 5.97 Å². The maximum absolute atomic E-state index is 12.1. The molecule has 7 heteroatoms. The van der Waals surface area contributed by atoms with E-state index in [1.165, 1.54) is 20.3 Å². The summed E-state index contributed by atoms with van der Waals surface area (Å²) in [5.41, 5.74) is 0.306. The van der Waals surface area contributed by atoms with Gasteiger partial charge in [-0.3, -0.25) is 4.79 Å². The number of hydrogen-bond donors (Lipinski definition) is 0. The van der Waals surface area contributed by atoms with Crippen molar-refractivity contribution in [3.05, 3.63) is 23.8 Å². The molecule has 1 rings (SSSR count). The Morgan fingerprint density at radius 2 is 1.78 bits per heavy atom. The second-order valence-electron chi connectivity index (χ2n) is 3.32. The van der Waals surface area contributed by atoms with Gasteiger partial charge in [0.2, 0.25) is 0 Å². The van der Waals surface area contributed by atoms with E-state index in [0.717, 1.165) is 12.1 Å². The quantitative estimate of drug-likeness (QED) is 0.783. The third-order valence-corrected chi connectivity index (χ3v) is 1.99. The Morgan fingerprint density at radius 1 is 1.17 bits per heavy atom. The van der Waals surface area contributed by atoms with Crippen molar-refractivity contribution in [3.8, 4) is 11.5 Å². The van der Waals surface area contributed by atoms with Crippen molar-refractivity contribution in [2.24, 2.45) is 0 Å². The van der Waals surface area contributed by atoms with Crippen molar-refractivity contribution in [2.75, 3.05) is 14.2 Å². The molecule has 0 saturated carbocycles. The summed E-state index contributed by atoms with van der Waals surface area (Å²) in [5, 5.41) is 0. The number of carbonyl (C=O) groups is 1. The lowest BCUT2D eigenvalue weighted by Crippen LogP contribution is -2.17. The lowest BCUT2D eigenvalue weighted by Gasteiger charge is -2.11. The minimum absolute atomic E-state index is 0.163. The van der Waals surface area contributed by atoms with Crippen LogP contribution in [0.4, 0.5) is 13.2 Å². The van der Waals surface area contributed by atoms with E-state index in [1.54, 1.807) is 0 Å². The number of ether oxygens (including phenoxy) is 3. The molecule has 1 aromatic carbocycles. The number of halogens is 3. The lowest BCUT2D eigenvalue weighted by atomic mass is 10.1. The average Bonchev–Trinajstić information content (AvgIpc) is 2.26. The third-order valence-electron chi connectivity index (χ3n) is 1.99. The molecule has 0 saturated heterocycles. The summed E-state index contributed by atoms with van der Waals surface area (Å²) in [7, 11) is 2.49. The number of rotatable bonds is 4. The van der Waals surface area contributed by atoms with E-state index >= 15 is 0 Å². The van der Waals surface area contributed by atoms with E-state index in [4.69, 9.17) is 4.74 Å². The minimum Gasteiger partial charge on any atom is -0.497 e. The first kappa shape index (κ1) is 14.1. The highest BCUT2D eigenvalue weighted by Gasteiger charge is 2.31. The molecule has 4 nitrogen and oxygen atoms in total. The zero-order valence-corrected chi connectivity index (χ0v) is 9.71. The first-order chi connectivity index (χ1) is 8.34. The van der Waals surface area contributed by atoms with Crippen LogP contribution < -0.4 is 9.47 Å². The second-order valence-corrected chi connectivity index (χ2v) is 3.32. The van der Waals surface area contributed by atoms with E-state index < -0.39 is 18.1 Å². The first-order valence-corrected chi connectivity index (χ1v) is 4.84. The molecule has 0 amide bonds. The Labute approximate surface area is 101 Å². The summed E-state index contributed by atoms with van der Waals surface area (Å²) in [6.45, 7) is 0. The van der Waals surface area contributed by atoms with Crippen LogP contribution in [-0.4, -0.2) is 26.6 Å². The maximum Gasteiger partial charge on any atom is 0.573 e. The standard InChI is InChI=1S/C11H11F3O4/c1-16-8-3-7(5-10(15)17-2)4-9(6-8)18-11(12,13)14/h3-4,6H,5H2,1-2H3. The summed E-state index contributed by atoms with van der Waals surface area (Å²) in [4.78, 5) is 11.1. The Hall–Kier alpha value is -1.92. The summed E-state index contributed by atoms with van der Waals surface area (Å²) in [6, 6.07) is 3.61. The molecule has 0 N–H and O–H groups in total. The number of hydrogen-bond acceptors (Lipinski definition) is 4. The van der Waals surface area contributed by atoms with E-state index in [2.05, 4.69) is 9.47 Å². The molecule has 0 unspecified atom stereocenters. The zero-order valence-electron chi connectivity index (χ0n) is 9.71. The summed E-state index contributed by atoms with van der Waals surface area (Å²) in [5.74, 6) is -0.849. The van der Waals surface area contributed by atoms with Crippen LogP contribution >= 0.6 is 0 Å². The zero-order chi connectivity index (χ0) is 13.8. The van der Waals surface area contributed by atoms with E-state index in [9.17, 15) is 18.0 Å². The van der Waals surface area contributed by atoms with E-state index in [-0.39, 0.29) is 12.2 Å². The van der Waals surface area contributed by atoms with Crippen molar-refractivity contribution < 1.29 is 32.2 Å². The molecule has 0 atom stereocenters. The molecule has 0 spiro atoms. The van der Waals surface area contributed by atoms with Crippen LogP contribution in [0.15, 0.2) is 18.2 Å². The van der Waals surface area contributed by atoms with Crippen LogP contribution in [0.3, 0.4) is 0 Å². The van der Waals surface area contributed by atoms with Gasteiger partial charge in [0, 0.05) is 6.07 Å². The Bertz CT molecular complexity index is 429. The van der Waals surface area contributed by atoms with Gasteiger partial charge >= 0.3 is 12.3 Å². The van der Waals surface area contributed by atoms with Crippen LogP contribution in [0.5, 0.6) is 11.5 Å². The molecule has 1 aromatic rings. The fraction of sp³-hybridized carbons (Fsp3) is 0.364. The molecule has 100 valence electrons. The van der Waals surface area contributed by atoms with Crippen LogP contribution in [0, 0.1) is 0 Å². The van der Waals surface area contributed by atoms with Crippen LogP contribution in [0.2, 0.25) is 0 Å². The van der Waals surface area contributed by atoms with Gasteiger partial charge in [-0.2, -0.15) is 0 Å². The van der Waals surface area contributed by atoms with E-state index in [1.807, 2.05) is 0 Å². The largest absolute Gasteiger partial charge is 0.573 e. The highest BCUT2D eigenvalue weighted by molar-refractivity contribution is 5.72. The number of carbonyl (C=O) groups excluding carboxylic acids is 1. The second kappa shape index (κ2) is 5.61. The van der Waals surface area contributed by atoms with Crippen molar-refractivity contribution in [1.29, 1.82) is 0 Å². The van der Waals surface area contributed by atoms with Gasteiger partial charge in [0.05, 0.1) is 20.6 Å². The summed E-state index contributed by atoms with van der Waals surface area (Å²) in [6.07, 6.45) is -4.96. The van der Waals surface area contributed by atoms with E-state index in [0.29, 0.717) is 5.56 Å². The maximum atomic E-state index is 12.1. The van der Waals surface area contributed by atoms with Gasteiger partial charge in [-0.1, -0.05) is 0 Å². The molecule has 0 fully saturated rings. The summed E-state index contributed by atoms with van der Waals surface area (Å²) >= 11 is 0. The van der Waals surface area contributed by atoms with Gasteiger partial charge in [-0.05, 0) is 17.7 Å².